The smallest absolute Gasteiger partial charge is 0.258 e. The van der Waals surface area contributed by atoms with Crippen LogP contribution in [0.2, 0.25) is 0 Å². The van der Waals surface area contributed by atoms with Gasteiger partial charge in [-0.05, 0) is 38.1 Å². The van der Waals surface area contributed by atoms with Gasteiger partial charge in [-0.3, -0.25) is 14.9 Å². The number of benzene rings is 1. The van der Waals surface area contributed by atoms with E-state index in [4.69, 9.17) is 9.47 Å². The van der Waals surface area contributed by atoms with Crippen LogP contribution in [0.1, 0.15) is 13.8 Å². The van der Waals surface area contributed by atoms with Gasteiger partial charge in [0.2, 0.25) is 0 Å². The summed E-state index contributed by atoms with van der Waals surface area (Å²) in [5.41, 5.74) is 0.806. The number of nitrogens with one attached hydrogen (secondary N) is 1. The largest absolute Gasteiger partial charge is 0.353 e. The van der Waals surface area contributed by atoms with Gasteiger partial charge in [0.25, 0.3) is 11.8 Å². The molecule has 2 saturated heterocycles. The van der Waals surface area contributed by atoms with Gasteiger partial charge in [0, 0.05) is 32.4 Å². The second-order valence-electron chi connectivity index (χ2n) is 8.45. The molecule has 1 aromatic carbocycles. The lowest BCUT2D eigenvalue weighted by molar-refractivity contribution is -0.162. The first-order chi connectivity index (χ1) is 15.9. The van der Waals surface area contributed by atoms with Crippen molar-refractivity contribution in [1.29, 1.82) is 0 Å². The van der Waals surface area contributed by atoms with Crippen molar-refractivity contribution in [2.45, 2.75) is 31.8 Å². The molecule has 2 aliphatic rings. The van der Waals surface area contributed by atoms with Crippen molar-refractivity contribution in [2.24, 2.45) is 0 Å². The molecule has 0 saturated carbocycles. The van der Waals surface area contributed by atoms with Crippen molar-refractivity contribution >= 4 is 44.3 Å². The first kappa shape index (κ1) is 21.7. The standard InChI is InChI=1S/C23H25N5O4S/c1-23(2)31-18(20(29)26-22-25-15-7-3-4-8-16(15)33-22)19(32-23)21(30)28-13-11-27(12-14-28)17-9-5-6-10-24-17/h3-10,18-19H,11-14H2,1-2H3,(H,25,26,29)/t18-,19-/m0/s1. The molecule has 10 heteroatoms. The van der Waals surface area contributed by atoms with Crippen LogP contribution in [0, 0.1) is 0 Å². The minimum Gasteiger partial charge on any atom is -0.353 e. The lowest BCUT2D eigenvalue weighted by atomic mass is 10.1. The molecule has 2 atom stereocenters. The molecule has 0 bridgehead atoms. The summed E-state index contributed by atoms with van der Waals surface area (Å²) in [6, 6.07) is 13.4. The van der Waals surface area contributed by atoms with Crippen molar-refractivity contribution in [3.05, 3.63) is 48.7 Å². The summed E-state index contributed by atoms with van der Waals surface area (Å²) < 4.78 is 12.7. The summed E-state index contributed by atoms with van der Waals surface area (Å²) in [5, 5.41) is 3.27. The van der Waals surface area contributed by atoms with Gasteiger partial charge in [0.15, 0.2) is 23.1 Å². The van der Waals surface area contributed by atoms with E-state index in [1.807, 2.05) is 42.5 Å². The SMILES string of the molecule is CC1(C)O[C@H](C(=O)Nc2nc3ccccc3s2)[C@@H](C(=O)N2CCN(c3ccccn3)CC2)O1. The summed E-state index contributed by atoms with van der Waals surface area (Å²) in [4.78, 5) is 39.1. The molecule has 0 radical (unpaired) electrons. The maximum Gasteiger partial charge on any atom is 0.258 e. The van der Waals surface area contributed by atoms with Gasteiger partial charge < -0.3 is 19.3 Å². The second-order valence-corrected chi connectivity index (χ2v) is 9.48. The van der Waals surface area contributed by atoms with E-state index in [-0.39, 0.29) is 5.91 Å². The summed E-state index contributed by atoms with van der Waals surface area (Å²) in [5.74, 6) is -0.846. The fourth-order valence-corrected chi connectivity index (χ4v) is 4.98. The van der Waals surface area contributed by atoms with E-state index in [1.54, 1.807) is 24.9 Å². The number of piperazine rings is 1. The van der Waals surface area contributed by atoms with Crippen LogP contribution in [0.25, 0.3) is 10.2 Å². The van der Waals surface area contributed by atoms with E-state index in [0.717, 1.165) is 16.0 Å². The normalized spacial score (nSPS) is 22.5. The predicted molar refractivity (Wildman–Crippen MR) is 125 cm³/mol. The van der Waals surface area contributed by atoms with Crippen LogP contribution >= 0.6 is 11.3 Å². The fourth-order valence-electron chi connectivity index (χ4n) is 4.11. The van der Waals surface area contributed by atoms with E-state index in [0.29, 0.717) is 31.3 Å². The molecule has 5 rings (SSSR count). The van der Waals surface area contributed by atoms with Gasteiger partial charge in [0.1, 0.15) is 5.82 Å². The highest BCUT2D eigenvalue weighted by Gasteiger charge is 2.50. The van der Waals surface area contributed by atoms with E-state index in [2.05, 4.69) is 20.2 Å². The van der Waals surface area contributed by atoms with Gasteiger partial charge in [-0.15, -0.1) is 0 Å². The van der Waals surface area contributed by atoms with Crippen molar-refractivity contribution in [2.75, 3.05) is 36.4 Å². The van der Waals surface area contributed by atoms with E-state index >= 15 is 0 Å². The van der Waals surface area contributed by atoms with Crippen LogP contribution in [0.3, 0.4) is 0 Å². The lowest BCUT2D eigenvalue weighted by Crippen LogP contribution is -2.54. The van der Waals surface area contributed by atoms with Gasteiger partial charge in [-0.25, -0.2) is 9.97 Å². The average molecular weight is 468 g/mol. The molecule has 9 nitrogen and oxygen atoms in total. The number of anilines is 2. The molecule has 0 aliphatic carbocycles. The minimum absolute atomic E-state index is 0.245. The summed E-state index contributed by atoms with van der Waals surface area (Å²) in [6.07, 6.45) is -0.322. The predicted octanol–water partition coefficient (Wildman–Crippen LogP) is 2.50. The number of hydrogen-bond donors (Lipinski definition) is 1. The van der Waals surface area contributed by atoms with Crippen LogP contribution in [-0.4, -0.2) is 70.9 Å². The Kier molecular flexibility index (Phi) is 5.73. The first-order valence-electron chi connectivity index (χ1n) is 10.9. The fraction of sp³-hybridized carbons (Fsp3) is 0.391. The number of fused-ring (bicyclic) bond motifs is 1. The number of aromatic nitrogens is 2. The third-order valence-electron chi connectivity index (χ3n) is 5.69. The Morgan fingerprint density at radius 3 is 2.48 bits per heavy atom. The number of carbonyl (C=O) groups excluding carboxylic acids is 2. The third-order valence-corrected chi connectivity index (χ3v) is 6.64. The van der Waals surface area contributed by atoms with Crippen molar-refractivity contribution in [3.63, 3.8) is 0 Å². The molecular weight excluding hydrogens is 442 g/mol. The number of amides is 2. The Labute approximate surface area is 195 Å². The maximum absolute atomic E-state index is 13.3. The number of thiazole rings is 1. The highest BCUT2D eigenvalue weighted by atomic mass is 32.1. The Bertz CT molecular complexity index is 1130. The zero-order valence-corrected chi connectivity index (χ0v) is 19.2. The summed E-state index contributed by atoms with van der Waals surface area (Å²) >= 11 is 1.37. The van der Waals surface area contributed by atoms with Crippen LogP contribution < -0.4 is 10.2 Å². The zero-order chi connectivity index (χ0) is 23.0. The van der Waals surface area contributed by atoms with Crippen LogP contribution in [-0.2, 0) is 19.1 Å². The maximum atomic E-state index is 13.3. The first-order valence-corrected chi connectivity index (χ1v) is 11.7. The van der Waals surface area contributed by atoms with Crippen LogP contribution in [0.5, 0.6) is 0 Å². The van der Waals surface area contributed by atoms with Crippen LogP contribution in [0.4, 0.5) is 10.9 Å². The molecule has 0 spiro atoms. The van der Waals surface area contributed by atoms with Crippen molar-refractivity contribution in [3.8, 4) is 0 Å². The molecule has 172 valence electrons. The molecular formula is C23H25N5O4S. The minimum atomic E-state index is -1.06. The van der Waals surface area contributed by atoms with Crippen molar-refractivity contribution in [1.82, 2.24) is 14.9 Å². The summed E-state index contributed by atoms with van der Waals surface area (Å²) in [6.45, 7) is 5.75. The highest BCUT2D eigenvalue weighted by molar-refractivity contribution is 7.22. The topological polar surface area (TPSA) is 96.9 Å². The van der Waals surface area contributed by atoms with Gasteiger partial charge >= 0.3 is 0 Å². The number of pyridine rings is 1. The van der Waals surface area contributed by atoms with Gasteiger partial charge in [-0.2, -0.15) is 0 Å². The molecule has 2 aliphatic heterocycles. The average Bonchev–Trinajstić information content (AvgIpc) is 3.38. The number of carbonyl (C=O) groups is 2. The third kappa shape index (κ3) is 4.54. The molecule has 0 unspecified atom stereocenters. The van der Waals surface area contributed by atoms with Crippen LogP contribution in [0.15, 0.2) is 48.7 Å². The number of nitrogens with zero attached hydrogens (tertiary/aromatic N) is 4. The Morgan fingerprint density at radius 1 is 1.03 bits per heavy atom. The Balaban J connectivity index is 1.27. The Hall–Kier alpha value is -3.08. The Morgan fingerprint density at radius 2 is 1.76 bits per heavy atom. The van der Waals surface area contributed by atoms with Crippen molar-refractivity contribution < 1.29 is 19.1 Å². The molecule has 1 N–H and O–H groups in total. The van der Waals surface area contributed by atoms with Gasteiger partial charge in [-0.1, -0.05) is 29.5 Å². The lowest BCUT2D eigenvalue weighted by Gasteiger charge is -2.36. The number of para-hydroxylation sites is 1. The zero-order valence-electron chi connectivity index (χ0n) is 18.4. The monoisotopic (exact) mass is 467 g/mol. The quantitative estimate of drug-likeness (QED) is 0.630. The molecule has 33 heavy (non-hydrogen) atoms. The second kappa shape index (κ2) is 8.69. The van der Waals surface area contributed by atoms with E-state index in [1.165, 1.54) is 11.3 Å². The highest BCUT2D eigenvalue weighted by Crippen LogP contribution is 2.32. The number of hydrogen-bond acceptors (Lipinski definition) is 8. The molecule has 2 aromatic heterocycles. The number of rotatable bonds is 4. The number of ether oxygens (including phenoxy) is 2. The van der Waals surface area contributed by atoms with E-state index in [9.17, 15) is 9.59 Å². The molecule has 2 fully saturated rings. The molecule has 4 heterocycles. The van der Waals surface area contributed by atoms with E-state index < -0.39 is 23.9 Å². The molecule has 2 amide bonds. The molecule has 3 aromatic rings. The van der Waals surface area contributed by atoms with Gasteiger partial charge in [0.05, 0.1) is 10.2 Å². The summed E-state index contributed by atoms with van der Waals surface area (Å²) in [7, 11) is 0.